The number of halogens is 3. The number of carbonyl (C=O) groups is 1. The molecule has 39 heavy (non-hydrogen) atoms. The average Bonchev–Trinajstić information content (AvgIpc) is 3.31. The summed E-state index contributed by atoms with van der Waals surface area (Å²) in [6, 6.07) is 9.77. The molecular formula is C28H29F3N4O4. The number of fused-ring (bicyclic) bond motifs is 1. The number of benzene rings is 1. The van der Waals surface area contributed by atoms with Crippen LogP contribution >= 0.6 is 0 Å². The van der Waals surface area contributed by atoms with Gasteiger partial charge in [-0.1, -0.05) is 18.2 Å². The van der Waals surface area contributed by atoms with Crippen LogP contribution in [0.3, 0.4) is 0 Å². The zero-order chi connectivity index (χ0) is 28.4. The van der Waals surface area contributed by atoms with E-state index in [4.69, 9.17) is 14.2 Å². The lowest BCUT2D eigenvalue weighted by atomic mass is 10.0. The Morgan fingerprint density at radius 2 is 1.74 bits per heavy atom. The number of pyridine rings is 2. The molecule has 4 rings (SSSR count). The maximum atomic E-state index is 13.1. The summed E-state index contributed by atoms with van der Waals surface area (Å²) in [6.45, 7) is 5.14. The Kier molecular flexibility index (Phi) is 7.82. The number of nitrogens with zero attached hydrogens (tertiary/aromatic N) is 3. The number of carbonyl (C=O) groups excluding carboxylic acids is 1. The third-order valence-electron chi connectivity index (χ3n) is 5.89. The molecule has 8 nitrogen and oxygen atoms in total. The van der Waals surface area contributed by atoms with Crippen molar-refractivity contribution in [2.45, 2.75) is 45.2 Å². The van der Waals surface area contributed by atoms with Gasteiger partial charge in [0.25, 0.3) is 0 Å². The fourth-order valence-corrected chi connectivity index (χ4v) is 4.12. The molecule has 1 atom stereocenters. The van der Waals surface area contributed by atoms with E-state index in [-0.39, 0.29) is 12.4 Å². The lowest BCUT2D eigenvalue weighted by Gasteiger charge is -2.27. The van der Waals surface area contributed by atoms with Gasteiger partial charge in [-0.15, -0.1) is 0 Å². The number of ether oxygens (including phenoxy) is 3. The molecule has 0 aliphatic heterocycles. The number of rotatable bonds is 7. The third kappa shape index (κ3) is 6.31. The van der Waals surface area contributed by atoms with Crippen molar-refractivity contribution >= 4 is 22.9 Å². The number of H-pyrrole nitrogens is 1. The normalized spacial score (nSPS) is 12.8. The van der Waals surface area contributed by atoms with Crippen molar-refractivity contribution in [3.05, 3.63) is 83.3 Å². The molecule has 1 aromatic carbocycles. The van der Waals surface area contributed by atoms with Gasteiger partial charge in [-0.05, 0) is 50.6 Å². The van der Waals surface area contributed by atoms with Crippen molar-refractivity contribution < 1.29 is 32.2 Å². The van der Waals surface area contributed by atoms with Crippen molar-refractivity contribution in [2.24, 2.45) is 0 Å². The molecule has 4 aromatic rings. The van der Waals surface area contributed by atoms with Gasteiger partial charge >= 0.3 is 12.3 Å². The van der Waals surface area contributed by atoms with Gasteiger partial charge < -0.3 is 19.2 Å². The molecule has 206 valence electrons. The quantitative estimate of drug-likeness (QED) is 0.281. The van der Waals surface area contributed by atoms with Crippen molar-refractivity contribution in [3.63, 3.8) is 0 Å². The minimum absolute atomic E-state index is 0.0432. The molecule has 0 spiro atoms. The summed E-state index contributed by atoms with van der Waals surface area (Å²) in [4.78, 5) is 26.3. The Labute approximate surface area is 223 Å². The van der Waals surface area contributed by atoms with Crippen LogP contribution in [-0.4, -0.2) is 40.9 Å². The minimum Gasteiger partial charge on any atom is -0.496 e. The number of hydrogen-bond donors (Lipinski definition) is 1. The van der Waals surface area contributed by atoms with E-state index in [9.17, 15) is 18.0 Å². The monoisotopic (exact) mass is 542 g/mol. The van der Waals surface area contributed by atoms with Crippen LogP contribution in [0.5, 0.6) is 5.75 Å². The number of alkyl halides is 3. The zero-order valence-corrected chi connectivity index (χ0v) is 22.2. The first-order valence-corrected chi connectivity index (χ1v) is 12.1. The van der Waals surface area contributed by atoms with Gasteiger partial charge in [0.1, 0.15) is 28.9 Å². The van der Waals surface area contributed by atoms with Crippen molar-refractivity contribution in [2.75, 3.05) is 19.1 Å². The second-order valence-corrected chi connectivity index (χ2v) is 9.81. The van der Waals surface area contributed by atoms with Gasteiger partial charge in [0.15, 0.2) is 0 Å². The Balaban J connectivity index is 1.66. The van der Waals surface area contributed by atoms with Crippen LogP contribution in [0.15, 0.2) is 61.1 Å². The topological polar surface area (TPSA) is 89.6 Å². The van der Waals surface area contributed by atoms with E-state index in [1.165, 1.54) is 17.0 Å². The second-order valence-electron chi connectivity index (χ2n) is 9.81. The lowest BCUT2D eigenvalue weighted by molar-refractivity contribution is -0.137. The second kappa shape index (κ2) is 10.9. The van der Waals surface area contributed by atoms with E-state index in [0.29, 0.717) is 22.5 Å². The molecule has 3 aromatic heterocycles. The molecule has 3 heterocycles. The van der Waals surface area contributed by atoms with E-state index in [0.717, 1.165) is 23.1 Å². The molecule has 0 saturated heterocycles. The van der Waals surface area contributed by atoms with Crippen LogP contribution in [0.4, 0.5) is 23.8 Å². The maximum absolute atomic E-state index is 13.1. The van der Waals surface area contributed by atoms with Gasteiger partial charge in [-0.2, -0.15) is 13.2 Å². The highest BCUT2D eigenvalue weighted by Gasteiger charge is 2.31. The summed E-state index contributed by atoms with van der Waals surface area (Å²) >= 11 is 0. The number of hydrogen-bond acceptors (Lipinski definition) is 6. The van der Waals surface area contributed by atoms with E-state index in [1.54, 1.807) is 71.8 Å². The van der Waals surface area contributed by atoms with E-state index < -0.39 is 29.5 Å². The number of amides is 1. The van der Waals surface area contributed by atoms with Crippen LogP contribution in [-0.2, 0) is 22.2 Å². The number of aromatic nitrogens is 3. The van der Waals surface area contributed by atoms with Crippen molar-refractivity contribution in [1.82, 2.24) is 15.0 Å². The minimum atomic E-state index is -4.45. The molecule has 1 unspecified atom stereocenters. The first kappa shape index (κ1) is 27.9. The summed E-state index contributed by atoms with van der Waals surface area (Å²) in [5.74, 6) is 0.899. The van der Waals surface area contributed by atoms with Crippen LogP contribution < -0.4 is 9.64 Å². The summed E-state index contributed by atoms with van der Waals surface area (Å²) in [6.07, 6.45) is -0.651. The molecule has 0 fully saturated rings. The predicted octanol–water partition coefficient (Wildman–Crippen LogP) is 6.66. The lowest BCUT2D eigenvalue weighted by Crippen LogP contribution is -2.37. The number of nitrogens with one attached hydrogen (secondary N) is 1. The highest BCUT2D eigenvalue weighted by atomic mass is 19.4. The fraction of sp³-hybridized carbons (Fsp3) is 0.321. The highest BCUT2D eigenvalue weighted by molar-refractivity contribution is 5.88. The molecule has 0 bridgehead atoms. The molecule has 11 heteroatoms. The third-order valence-corrected chi connectivity index (χ3v) is 5.89. The van der Waals surface area contributed by atoms with Crippen molar-refractivity contribution in [3.8, 4) is 5.75 Å². The summed E-state index contributed by atoms with van der Waals surface area (Å²) in [7, 11) is 3.14. The predicted molar refractivity (Wildman–Crippen MR) is 140 cm³/mol. The summed E-state index contributed by atoms with van der Waals surface area (Å²) < 4.78 is 55.9. The van der Waals surface area contributed by atoms with Gasteiger partial charge in [-0.3, -0.25) is 4.90 Å². The van der Waals surface area contributed by atoms with Gasteiger partial charge in [0.2, 0.25) is 0 Å². The maximum Gasteiger partial charge on any atom is 0.416 e. The van der Waals surface area contributed by atoms with Gasteiger partial charge in [0.05, 0.1) is 24.6 Å². The van der Waals surface area contributed by atoms with Crippen molar-refractivity contribution in [1.29, 1.82) is 0 Å². The van der Waals surface area contributed by atoms with Crippen LogP contribution in [0, 0.1) is 0 Å². The highest BCUT2D eigenvalue weighted by Crippen LogP contribution is 2.36. The standard InChI is InChI=1S/C28H29F3N4O4/c1-27(2,3)39-26(36)35(16-17-6-9-19(10-7-17)28(29,30)31)22-11-8-18(14-33-22)24(38-5)20-15-34-25-23(20)21(37-4)12-13-32-25/h6-15,24H,16H2,1-5H3,(H,32,34). The van der Waals surface area contributed by atoms with E-state index in [2.05, 4.69) is 15.0 Å². The molecular weight excluding hydrogens is 513 g/mol. The smallest absolute Gasteiger partial charge is 0.416 e. The largest absolute Gasteiger partial charge is 0.496 e. The zero-order valence-electron chi connectivity index (χ0n) is 22.2. The molecule has 0 saturated carbocycles. The molecule has 0 aliphatic rings. The average molecular weight is 543 g/mol. The SMILES string of the molecule is COc1ccnc2[nH]cc(C(OC)c3ccc(N(Cc4ccc(C(F)(F)F)cc4)C(=O)OC(C)(C)C)nc3)c12. The summed E-state index contributed by atoms with van der Waals surface area (Å²) in [5.41, 5.74) is 1.05. The Morgan fingerprint density at radius 3 is 2.31 bits per heavy atom. The Hall–Kier alpha value is -4.12. The van der Waals surface area contributed by atoms with Crippen LogP contribution in [0.25, 0.3) is 11.0 Å². The van der Waals surface area contributed by atoms with Gasteiger partial charge in [0, 0.05) is 36.8 Å². The molecule has 0 aliphatic carbocycles. The van der Waals surface area contributed by atoms with E-state index >= 15 is 0 Å². The van der Waals surface area contributed by atoms with Crippen LogP contribution in [0.2, 0.25) is 0 Å². The Bertz CT molecular complexity index is 1430. The fourth-order valence-electron chi connectivity index (χ4n) is 4.12. The first-order valence-electron chi connectivity index (χ1n) is 12.1. The first-order chi connectivity index (χ1) is 18.4. The molecule has 1 amide bonds. The summed E-state index contributed by atoms with van der Waals surface area (Å²) in [5, 5.41) is 0.772. The van der Waals surface area contributed by atoms with Crippen LogP contribution in [0.1, 0.15) is 49.1 Å². The number of aromatic amines is 1. The van der Waals surface area contributed by atoms with Gasteiger partial charge in [-0.25, -0.2) is 14.8 Å². The van der Waals surface area contributed by atoms with E-state index in [1.807, 2.05) is 0 Å². The number of methoxy groups -OCH3 is 2. The Morgan fingerprint density at radius 1 is 1.03 bits per heavy atom. The number of anilines is 1. The molecule has 1 N–H and O–H groups in total. The molecule has 0 radical (unpaired) electrons.